The van der Waals surface area contributed by atoms with Crippen molar-refractivity contribution < 1.29 is 4.74 Å². The highest BCUT2D eigenvalue weighted by Crippen LogP contribution is 2.32. The molecule has 1 aliphatic rings. The average molecular weight is 426 g/mol. The van der Waals surface area contributed by atoms with Crippen LogP contribution in [0.15, 0.2) is 84.9 Å². The minimum atomic E-state index is 0.763. The van der Waals surface area contributed by atoms with Gasteiger partial charge in [0.1, 0.15) is 12.4 Å². The molecular weight excluding hydrogens is 390 g/mol. The molecule has 0 N–H and O–H groups in total. The van der Waals surface area contributed by atoms with Gasteiger partial charge in [-0.1, -0.05) is 86.1 Å². The van der Waals surface area contributed by atoms with Crippen LogP contribution < -0.4 is 4.74 Å². The van der Waals surface area contributed by atoms with Crippen molar-refractivity contribution in [2.24, 2.45) is 0 Å². The van der Waals surface area contributed by atoms with E-state index in [1.165, 1.54) is 60.2 Å². The minimum Gasteiger partial charge on any atom is -0.492 e. The molecule has 3 aromatic carbocycles. The Labute approximate surface area is 193 Å². The fraction of sp³-hybridized carbons (Fsp3) is 0.333. The molecule has 0 amide bonds. The second kappa shape index (κ2) is 11.7. The van der Waals surface area contributed by atoms with E-state index in [1.807, 2.05) is 0 Å². The van der Waals surface area contributed by atoms with Crippen LogP contribution in [-0.2, 0) is 6.42 Å². The molecule has 4 rings (SSSR count). The normalized spacial score (nSPS) is 15.3. The molecule has 0 saturated carbocycles. The molecule has 166 valence electrons. The summed E-state index contributed by atoms with van der Waals surface area (Å²) in [6.07, 6.45) is 5.96. The van der Waals surface area contributed by atoms with Crippen LogP contribution in [0.3, 0.4) is 0 Å². The Hall–Kier alpha value is -2.84. The first-order valence-corrected chi connectivity index (χ1v) is 12.1. The Morgan fingerprint density at radius 2 is 1.34 bits per heavy atom. The monoisotopic (exact) mass is 425 g/mol. The summed E-state index contributed by atoms with van der Waals surface area (Å²) in [5.74, 6) is 0.963. The Kier molecular flexibility index (Phi) is 8.17. The molecule has 1 saturated heterocycles. The first-order chi connectivity index (χ1) is 15.8. The third kappa shape index (κ3) is 6.11. The molecule has 0 spiro atoms. The van der Waals surface area contributed by atoms with Crippen molar-refractivity contribution >= 4 is 11.1 Å². The van der Waals surface area contributed by atoms with Crippen LogP contribution in [0.25, 0.3) is 11.1 Å². The number of benzene rings is 3. The number of likely N-dealkylation sites (tertiary alicyclic amines) is 1. The van der Waals surface area contributed by atoms with Crippen molar-refractivity contribution in [1.82, 2.24) is 4.90 Å². The zero-order chi connectivity index (χ0) is 22.0. The molecule has 0 radical (unpaired) electrons. The van der Waals surface area contributed by atoms with E-state index in [0.29, 0.717) is 0 Å². The highest BCUT2D eigenvalue weighted by Gasteiger charge is 2.12. The number of allylic oxidation sites excluding steroid dienone is 2. The smallest absolute Gasteiger partial charge is 0.119 e. The van der Waals surface area contributed by atoms with Crippen LogP contribution >= 0.6 is 0 Å². The van der Waals surface area contributed by atoms with Crippen LogP contribution in [-0.4, -0.2) is 31.1 Å². The van der Waals surface area contributed by atoms with Gasteiger partial charge in [-0.05, 0) is 78.7 Å². The standard InChI is InChI=1S/C30H35NO/c1-2-29(30(26-14-8-4-9-15-26)24-25-12-6-3-7-13-25)27-16-18-28(19-17-27)32-23-22-31-20-10-5-11-21-31/h3-4,6-9,12-19H,2,5,10-11,20-24H2,1H3/b30-29-. The Bertz CT molecular complexity index is 970. The van der Waals surface area contributed by atoms with E-state index in [0.717, 1.165) is 31.7 Å². The van der Waals surface area contributed by atoms with Gasteiger partial charge in [0.25, 0.3) is 0 Å². The van der Waals surface area contributed by atoms with E-state index in [9.17, 15) is 0 Å². The molecule has 2 nitrogen and oxygen atoms in total. The molecule has 0 aliphatic carbocycles. The van der Waals surface area contributed by atoms with Gasteiger partial charge in [-0.15, -0.1) is 0 Å². The Balaban J connectivity index is 1.52. The number of piperidine rings is 1. The molecule has 1 heterocycles. The first-order valence-electron chi connectivity index (χ1n) is 12.1. The van der Waals surface area contributed by atoms with E-state index in [4.69, 9.17) is 4.74 Å². The van der Waals surface area contributed by atoms with Crippen molar-refractivity contribution in [3.05, 3.63) is 102 Å². The molecule has 3 aromatic rings. The Morgan fingerprint density at radius 3 is 2.00 bits per heavy atom. The summed E-state index contributed by atoms with van der Waals surface area (Å²) in [7, 11) is 0. The first kappa shape index (κ1) is 22.4. The number of rotatable bonds is 9. The molecule has 0 unspecified atom stereocenters. The van der Waals surface area contributed by atoms with E-state index in [2.05, 4.69) is 96.8 Å². The van der Waals surface area contributed by atoms with Crippen molar-refractivity contribution in [1.29, 1.82) is 0 Å². The number of ether oxygens (including phenoxy) is 1. The maximum absolute atomic E-state index is 6.06. The summed E-state index contributed by atoms with van der Waals surface area (Å²) in [6.45, 7) is 6.48. The van der Waals surface area contributed by atoms with E-state index >= 15 is 0 Å². The summed E-state index contributed by atoms with van der Waals surface area (Å²) in [5, 5.41) is 0. The third-order valence-electron chi connectivity index (χ3n) is 6.39. The van der Waals surface area contributed by atoms with Crippen LogP contribution in [0.2, 0.25) is 0 Å². The summed E-state index contributed by atoms with van der Waals surface area (Å²) in [5.41, 5.74) is 6.73. The van der Waals surface area contributed by atoms with Gasteiger partial charge in [0.2, 0.25) is 0 Å². The summed E-state index contributed by atoms with van der Waals surface area (Å²) >= 11 is 0. The minimum absolute atomic E-state index is 0.763. The quantitative estimate of drug-likeness (QED) is 0.339. The molecule has 0 aromatic heterocycles. The molecule has 2 heteroatoms. The third-order valence-corrected chi connectivity index (χ3v) is 6.39. The molecule has 0 bridgehead atoms. The maximum Gasteiger partial charge on any atom is 0.119 e. The molecular formula is C30H35NO. The summed E-state index contributed by atoms with van der Waals surface area (Å²) < 4.78 is 6.06. The zero-order valence-electron chi connectivity index (χ0n) is 19.3. The molecule has 1 fully saturated rings. The molecule has 1 aliphatic heterocycles. The fourth-order valence-electron chi connectivity index (χ4n) is 4.64. The van der Waals surface area contributed by atoms with Crippen molar-refractivity contribution in [3.8, 4) is 5.75 Å². The lowest BCUT2D eigenvalue weighted by atomic mass is 9.89. The number of nitrogens with zero attached hydrogens (tertiary/aromatic N) is 1. The SMILES string of the molecule is CC/C(=C(\Cc1ccccc1)c1ccccc1)c1ccc(OCCN2CCCCC2)cc1. The van der Waals surface area contributed by atoms with Crippen molar-refractivity contribution in [2.75, 3.05) is 26.2 Å². The zero-order valence-corrected chi connectivity index (χ0v) is 19.3. The highest BCUT2D eigenvalue weighted by molar-refractivity contribution is 5.91. The predicted molar refractivity (Wildman–Crippen MR) is 136 cm³/mol. The lowest BCUT2D eigenvalue weighted by Gasteiger charge is -2.26. The van der Waals surface area contributed by atoms with Gasteiger partial charge in [0.05, 0.1) is 0 Å². The number of hydrogen-bond donors (Lipinski definition) is 0. The maximum atomic E-state index is 6.06. The molecule has 32 heavy (non-hydrogen) atoms. The van der Waals surface area contributed by atoms with Gasteiger partial charge in [-0.3, -0.25) is 4.90 Å². The predicted octanol–water partition coefficient (Wildman–Crippen LogP) is 7.11. The Morgan fingerprint density at radius 1 is 0.719 bits per heavy atom. The average Bonchev–Trinajstić information content (AvgIpc) is 2.86. The lowest BCUT2D eigenvalue weighted by Crippen LogP contribution is -2.33. The van der Waals surface area contributed by atoms with Gasteiger partial charge < -0.3 is 4.74 Å². The van der Waals surface area contributed by atoms with Gasteiger partial charge in [0, 0.05) is 6.54 Å². The van der Waals surface area contributed by atoms with Crippen molar-refractivity contribution in [2.45, 2.75) is 39.0 Å². The lowest BCUT2D eigenvalue weighted by molar-refractivity contribution is 0.183. The molecule has 0 atom stereocenters. The number of hydrogen-bond acceptors (Lipinski definition) is 2. The summed E-state index contributed by atoms with van der Waals surface area (Å²) in [6, 6.07) is 30.3. The van der Waals surface area contributed by atoms with Crippen molar-refractivity contribution in [3.63, 3.8) is 0 Å². The van der Waals surface area contributed by atoms with Gasteiger partial charge >= 0.3 is 0 Å². The van der Waals surface area contributed by atoms with E-state index < -0.39 is 0 Å². The van der Waals surface area contributed by atoms with E-state index in [1.54, 1.807) is 0 Å². The van der Waals surface area contributed by atoms with E-state index in [-0.39, 0.29) is 0 Å². The van der Waals surface area contributed by atoms with Crippen LogP contribution in [0.5, 0.6) is 5.75 Å². The van der Waals surface area contributed by atoms with Gasteiger partial charge in [-0.25, -0.2) is 0 Å². The van der Waals surface area contributed by atoms with Gasteiger partial charge in [0.15, 0.2) is 0 Å². The van der Waals surface area contributed by atoms with Crippen LogP contribution in [0, 0.1) is 0 Å². The van der Waals surface area contributed by atoms with Crippen LogP contribution in [0.1, 0.15) is 49.3 Å². The fourth-order valence-corrected chi connectivity index (χ4v) is 4.64. The second-order valence-electron chi connectivity index (χ2n) is 8.61. The largest absolute Gasteiger partial charge is 0.492 e. The second-order valence-corrected chi connectivity index (χ2v) is 8.61. The van der Waals surface area contributed by atoms with Gasteiger partial charge in [-0.2, -0.15) is 0 Å². The topological polar surface area (TPSA) is 12.5 Å². The summed E-state index contributed by atoms with van der Waals surface area (Å²) in [4.78, 5) is 2.52. The van der Waals surface area contributed by atoms with Crippen LogP contribution in [0.4, 0.5) is 0 Å². The highest BCUT2D eigenvalue weighted by atomic mass is 16.5.